The zero-order valence-corrected chi connectivity index (χ0v) is 16.7. The fourth-order valence-electron chi connectivity index (χ4n) is 4.75. The molecule has 140 valence electrons. The summed E-state index contributed by atoms with van der Waals surface area (Å²) in [5.74, 6) is 0.472. The molecule has 0 fully saturated rings. The molecular formula is C26H26N2. The van der Waals surface area contributed by atoms with Crippen LogP contribution in [0.4, 0.5) is 0 Å². The van der Waals surface area contributed by atoms with E-state index in [0.717, 1.165) is 6.42 Å². The Bertz CT molecular complexity index is 1230. The van der Waals surface area contributed by atoms with Crippen molar-refractivity contribution in [2.24, 2.45) is 0 Å². The molecule has 1 aliphatic carbocycles. The van der Waals surface area contributed by atoms with Crippen LogP contribution in [-0.2, 0) is 5.41 Å². The monoisotopic (exact) mass is 366 g/mol. The third kappa shape index (κ3) is 2.80. The molecular weight excluding hydrogens is 340 g/mol. The van der Waals surface area contributed by atoms with Gasteiger partial charge in [0.15, 0.2) is 0 Å². The van der Waals surface area contributed by atoms with E-state index in [2.05, 4.69) is 91.4 Å². The Kier molecular flexibility index (Phi) is 3.83. The van der Waals surface area contributed by atoms with Gasteiger partial charge in [0.05, 0.1) is 0 Å². The molecule has 2 N–H and O–H groups in total. The summed E-state index contributed by atoms with van der Waals surface area (Å²) in [4.78, 5) is 6.70. The maximum absolute atomic E-state index is 3.39. The van der Waals surface area contributed by atoms with Crippen LogP contribution in [0.3, 0.4) is 0 Å². The highest BCUT2D eigenvalue weighted by molar-refractivity contribution is 5.83. The summed E-state index contributed by atoms with van der Waals surface area (Å²) < 4.78 is 0. The Morgan fingerprint density at radius 1 is 0.964 bits per heavy atom. The van der Waals surface area contributed by atoms with Crippen LogP contribution >= 0.6 is 0 Å². The SMILES string of the molecule is CC(C)=CC1CC(C)(C=Cc2ccc3cc[nH]c3c2)c2cc3[nH]ccc3cc21. The molecule has 0 spiro atoms. The van der Waals surface area contributed by atoms with Gasteiger partial charge in [-0.1, -0.05) is 42.9 Å². The minimum atomic E-state index is 0.0238. The molecule has 2 unspecified atom stereocenters. The smallest absolute Gasteiger partial charge is 0.0459 e. The maximum atomic E-state index is 3.39. The minimum absolute atomic E-state index is 0.0238. The molecule has 1 aliphatic rings. The standard InChI is InChI=1S/C26H26N2/c1-17(2)12-21-16-26(3,23-15-25-20(8-11-28-25)14-22(21)23)9-6-18-4-5-19-7-10-27-24(19)13-18/h4-15,21,27-28H,16H2,1-3H3. The van der Waals surface area contributed by atoms with Gasteiger partial charge in [-0.25, -0.2) is 0 Å². The van der Waals surface area contributed by atoms with Gasteiger partial charge in [0.25, 0.3) is 0 Å². The summed E-state index contributed by atoms with van der Waals surface area (Å²) in [6.07, 6.45) is 12.3. The van der Waals surface area contributed by atoms with E-state index in [9.17, 15) is 0 Å². The lowest BCUT2D eigenvalue weighted by Crippen LogP contribution is -2.14. The lowest BCUT2D eigenvalue weighted by atomic mass is 9.82. The van der Waals surface area contributed by atoms with E-state index in [1.165, 1.54) is 44.1 Å². The molecule has 0 amide bonds. The largest absolute Gasteiger partial charge is 0.361 e. The highest BCUT2D eigenvalue weighted by Crippen LogP contribution is 2.49. The van der Waals surface area contributed by atoms with Crippen molar-refractivity contribution >= 4 is 27.9 Å². The number of hydrogen-bond acceptors (Lipinski definition) is 0. The highest BCUT2D eigenvalue weighted by Gasteiger charge is 2.37. The van der Waals surface area contributed by atoms with Crippen LogP contribution in [-0.4, -0.2) is 9.97 Å². The number of allylic oxidation sites excluding steroid dienone is 3. The van der Waals surface area contributed by atoms with Crippen molar-refractivity contribution in [3.63, 3.8) is 0 Å². The first-order valence-corrected chi connectivity index (χ1v) is 10.0. The fourth-order valence-corrected chi connectivity index (χ4v) is 4.75. The Hall–Kier alpha value is -3.00. The van der Waals surface area contributed by atoms with E-state index in [1.807, 2.05) is 12.4 Å². The predicted octanol–water partition coefficient (Wildman–Crippen LogP) is 7.07. The minimum Gasteiger partial charge on any atom is -0.361 e. The zero-order valence-electron chi connectivity index (χ0n) is 16.7. The van der Waals surface area contributed by atoms with Gasteiger partial charge in [-0.2, -0.15) is 0 Å². The van der Waals surface area contributed by atoms with Gasteiger partial charge < -0.3 is 9.97 Å². The molecule has 2 heterocycles. The molecule has 2 nitrogen and oxygen atoms in total. The molecule has 4 aromatic rings. The number of nitrogens with one attached hydrogen (secondary N) is 2. The second-order valence-electron chi connectivity index (χ2n) is 8.63. The zero-order chi connectivity index (χ0) is 19.3. The van der Waals surface area contributed by atoms with Crippen molar-refractivity contribution in [1.82, 2.24) is 9.97 Å². The normalized spacial score (nSPS) is 21.6. The number of benzene rings is 2. The topological polar surface area (TPSA) is 31.6 Å². The summed E-state index contributed by atoms with van der Waals surface area (Å²) in [6.45, 7) is 6.78. The van der Waals surface area contributed by atoms with E-state index in [0.29, 0.717) is 5.92 Å². The van der Waals surface area contributed by atoms with Crippen molar-refractivity contribution in [2.75, 3.05) is 0 Å². The number of H-pyrrole nitrogens is 2. The lowest BCUT2D eigenvalue weighted by molar-refractivity contribution is 0.566. The number of aromatic nitrogens is 2. The predicted molar refractivity (Wildman–Crippen MR) is 120 cm³/mol. The van der Waals surface area contributed by atoms with Crippen LogP contribution in [0.25, 0.3) is 27.9 Å². The molecule has 0 radical (unpaired) electrons. The van der Waals surface area contributed by atoms with Crippen LogP contribution in [0.15, 0.2) is 72.6 Å². The number of aromatic amines is 2. The first-order chi connectivity index (χ1) is 13.5. The van der Waals surface area contributed by atoms with Crippen molar-refractivity contribution in [3.05, 3.63) is 89.3 Å². The summed E-state index contributed by atoms with van der Waals surface area (Å²) in [7, 11) is 0. The Labute approximate surface area is 166 Å². The average molecular weight is 367 g/mol. The van der Waals surface area contributed by atoms with Crippen molar-refractivity contribution in [2.45, 2.75) is 38.5 Å². The van der Waals surface area contributed by atoms with Crippen LogP contribution in [0, 0.1) is 0 Å². The third-order valence-corrected chi connectivity index (χ3v) is 6.14. The Balaban J connectivity index is 1.59. The second-order valence-corrected chi connectivity index (χ2v) is 8.63. The summed E-state index contributed by atoms with van der Waals surface area (Å²) >= 11 is 0. The third-order valence-electron chi connectivity index (χ3n) is 6.14. The van der Waals surface area contributed by atoms with Gasteiger partial charge in [-0.3, -0.25) is 0 Å². The van der Waals surface area contributed by atoms with E-state index in [-0.39, 0.29) is 5.41 Å². The molecule has 0 saturated carbocycles. The fraction of sp³-hybridized carbons (Fsp3) is 0.231. The van der Waals surface area contributed by atoms with Gasteiger partial charge in [0, 0.05) is 34.8 Å². The van der Waals surface area contributed by atoms with Gasteiger partial charge in [0.2, 0.25) is 0 Å². The van der Waals surface area contributed by atoms with Crippen molar-refractivity contribution < 1.29 is 0 Å². The van der Waals surface area contributed by atoms with E-state index < -0.39 is 0 Å². The maximum Gasteiger partial charge on any atom is 0.0459 e. The number of fused-ring (bicyclic) bond motifs is 3. The Morgan fingerprint density at radius 2 is 1.71 bits per heavy atom. The summed E-state index contributed by atoms with van der Waals surface area (Å²) in [5, 5.41) is 2.56. The van der Waals surface area contributed by atoms with Gasteiger partial charge in [-0.15, -0.1) is 0 Å². The molecule has 0 bridgehead atoms. The number of rotatable bonds is 3. The van der Waals surface area contributed by atoms with Gasteiger partial charge in [0.1, 0.15) is 0 Å². The van der Waals surface area contributed by atoms with Gasteiger partial charge >= 0.3 is 0 Å². The molecule has 0 aliphatic heterocycles. The second kappa shape index (κ2) is 6.27. The van der Waals surface area contributed by atoms with Crippen molar-refractivity contribution in [3.8, 4) is 0 Å². The van der Waals surface area contributed by atoms with E-state index in [1.54, 1.807) is 0 Å². The van der Waals surface area contributed by atoms with Crippen LogP contribution in [0.5, 0.6) is 0 Å². The number of hydrogen-bond donors (Lipinski definition) is 2. The average Bonchev–Trinajstić information content (AvgIpc) is 3.37. The molecule has 5 rings (SSSR count). The molecule has 2 aromatic carbocycles. The van der Waals surface area contributed by atoms with Crippen LogP contribution < -0.4 is 0 Å². The molecule has 2 atom stereocenters. The molecule has 0 saturated heterocycles. The highest BCUT2D eigenvalue weighted by atomic mass is 14.7. The van der Waals surface area contributed by atoms with Crippen LogP contribution in [0.2, 0.25) is 0 Å². The van der Waals surface area contributed by atoms with Gasteiger partial charge in [-0.05, 0) is 78.1 Å². The lowest BCUT2D eigenvalue weighted by Gasteiger charge is -2.21. The van der Waals surface area contributed by atoms with E-state index in [4.69, 9.17) is 0 Å². The van der Waals surface area contributed by atoms with Crippen LogP contribution in [0.1, 0.15) is 49.8 Å². The molecule has 28 heavy (non-hydrogen) atoms. The summed E-state index contributed by atoms with van der Waals surface area (Å²) in [6, 6.07) is 15.7. The molecule has 2 heteroatoms. The molecule has 2 aromatic heterocycles. The summed E-state index contributed by atoms with van der Waals surface area (Å²) in [5.41, 5.74) is 7.98. The van der Waals surface area contributed by atoms with E-state index >= 15 is 0 Å². The Morgan fingerprint density at radius 3 is 2.50 bits per heavy atom. The first kappa shape index (κ1) is 17.1. The quantitative estimate of drug-likeness (QED) is 0.363. The van der Waals surface area contributed by atoms with Crippen molar-refractivity contribution in [1.29, 1.82) is 0 Å². The first-order valence-electron chi connectivity index (χ1n) is 10.0.